The Morgan fingerprint density at radius 3 is 2.57 bits per heavy atom. The summed E-state index contributed by atoms with van der Waals surface area (Å²) in [6, 6.07) is 15.7. The van der Waals surface area contributed by atoms with Crippen molar-refractivity contribution in [1.29, 1.82) is 0 Å². The lowest BCUT2D eigenvalue weighted by atomic mass is 10.2. The monoisotopic (exact) mass is 389 g/mol. The van der Waals surface area contributed by atoms with E-state index < -0.39 is 17.8 Å². The number of rotatable bonds is 6. The van der Waals surface area contributed by atoms with E-state index in [0.29, 0.717) is 18.0 Å². The number of alkyl halides is 3. The molecule has 0 bridgehead atoms. The highest BCUT2D eigenvalue weighted by Gasteiger charge is 2.33. The summed E-state index contributed by atoms with van der Waals surface area (Å²) in [6.07, 6.45) is -3.43. The number of anilines is 1. The lowest BCUT2D eigenvalue weighted by molar-refractivity contribution is -0.141. The number of nitrogens with zero attached hydrogens (tertiary/aromatic N) is 2. The molecule has 146 valence electrons. The first-order valence-electron chi connectivity index (χ1n) is 8.49. The molecule has 0 fully saturated rings. The van der Waals surface area contributed by atoms with Gasteiger partial charge >= 0.3 is 6.18 Å². The number of amides is 1. The number of carbonyl (C=O) groups is 1. The number of carbonyl (C=O) groups excluding carboxylic acids is 1. The van der Waals surface area contributed by atoms with Crippen molar-refractivity contribution in [3.05, 3.63) is 77.6 Å². The molecule has 0 saturated carbocycles. The Morgan fingerprint density at radius 2 is 1.89 bits per heavy atom. The van der Waals surface area contributed by atoms with Gasteiger partial charge in [-0.3, -0.25) is 9.48 Å². The van der Waals surface area contributed by atoms with E-state index in [2.05, 4.69) is 10.4 Å². The van der Waals surface area contributed by atoms with Gasteiger partial charge in [0, 0.05) is 6.20 Å². The Morgan fingerprint density at radius 1 is 1.14 bits per heavy atom. The Hall–Kier alpha value is -3.29. The Balaban J connectivity index is 1.67. The van der Waals surface area contributed by atoms with Crippen molar-refractivity contribution in [2.24, 2.45) is 0 Å². The summed E-state index contributed by atoms with van der Waals surface area (Å²) in [7, 11) is 0. The Kier molecular flexibility index (Phi) is 5.67. The van der Waals surface area contributed by atoms with Crippen LogP contribution in [0.3, 0.4) is 0 Å². The third kappa shape index (κ3) is 5.12. The first-order chi connectivity index (χ1) is 13.3. The van der Waals surface area contributed by atoms with E-state index in [0.717, 1.165) is 28.1 Å². The van der Waals surface area contributed by atoms with Gasteiger partial charge in [-0.05, 0) is 36.2 Å². The van der Waals surface area contributed by atoms with E-state index in [4.69, 9.17) is 4.74 Å². The molecule has 0 atom stereocenters. The molecule has 28 heavy (non-hydrogen) atoms. The van der Waals surface area contributed by atoms with Crippen molar-refractivity contribution in [3.8, 4) is 5.75 Å². The number of hydrogen-bond donors (Lipinski definition) is 1. The van der Waals surface area contributed by atoms with Crippen LogP contribution in [0.25, 0.3) is 0 Å². The number of aromatic nitrogens is 2. The first kappa shape index (κ1) is 19.5. The molecule has 0 aliphatic heterocycles. The minimum absolute atomic E-state index is 0.321. The van der Waals surface area contributed by atoms with Crippen LogP contribution >= 0.6 is 0 Å². The maximum atomic E-state index is 12.6. The summed E-state index contributed by atoms with van der Waals surface area (Å²) in [6.45, 7) is 1.87. The van der Waals surface area contributed by atoms with Gasteiger partial charge in [-0.25, -0.2) is 0 Å². The van der Waals surface area contributed by atoms with Crippen LogP contribution in [-0.4, -0.2) is 15.7 Å². The number of hydrogen-bond acceptors (Lipinski definition) is 3. The first-order valence-corrected chi connectivity index (χ1v) is 8.49. The zero-order valence-electron chi connectivity index (χ0n) is 15.0. The van der Waals surface area contributed by atoms with Crippen molar-refractivity contribution in [2.75, 3.05) is 5.32 Å². The van der Waals surface area contributed by atoms with Gasteiger partial charge in [0.2, 0.25) is 5.91 Å². The van der Waals surface area contributed by atoms with E-state index in [-0.39, 0.29) is 6.54 Å². The fourth-order valence-electron chi connectivity index (χ4n) is 2.53. The minimum Gasteiger partial charge on any atom is -0.487 e. The molecule has 0 aliphatic carbocycles. The summed E-state index contributed by atoms with van der Waals surface area (Å²) in [5.41, 5.74) is 1.32. The highest BCUT2D eigenvalue weighted by atomic mass is 19.4. The average Bonchev–Trinajstić information content (AvgIpc) is 3.11. The third-order valence-electron chi connectivity index (χ3n) is 3.89. The van der Waals surface area contributed by atoms with Gasteiger partial charge in [-0.15, -0.1) is 0 Å². The zero-order valence-corrected chi connectivity index (χ0v) is 15.0. The van der Waals surface area contributed by atoms with E-state index in [9.17, 15) is 18.0 Å². The van der Waals surface area contributed by atoms with Gasteiger partial charge in [0.05, 0.1) is 5.69 Å². The molecule has 3 rings (SSSR count). The summed E-state index contributed by atoms with van der Waals surface area (Å²) in [5, 5.41) is 6.04. The lowest BCUT2D eigenvalue weighted by Gasteiger charge is -2.14. The van der Waals surface area contributed by atoms with Crippen LogP contribution < -0.4 is 10.1 Å². The number of halogens is 3. The van der Waals surface area contributed by atoms with Gasteiger partial charge in [0.1, 0.15) is 18.9 Å². The second kappa shape index (κ2) is 8.16. The SMILES string of the molecule is Cc1ccc(NC(=O)Cn2ccc(C(F)(F)F)n2)c(OCc2ccccc2)c1. The van der Waals surface area contributed by atoms with Crippen molar-refractivity contribution in [2.45, 2.75) is 26.3 Å². The van der Waals surface area contributed by atoms with Crippen LogP contribution in [0.5, 0.6) is 5.75 Å². The van der Waals surface area contributed by atoms with Gasteiger partial charge < -0.3 is 10.1 Å². The number of aryl methyl sites for hydroxylation is 1. The quantitative estimate of drug-likeness (QED) is 0.679. The molecule has 1 heterocycles. The zero-order chi connectivity index (χ0) is 20.1. The molecular formula is C20H18F3N3O2. The second-order valence-electron chi connectivity index (χ2n) is 6.22. The Bertz CT molecular complexity index is 953. The van der Waals surface area contributed by atoms with E-state index in [1.807, 2.05) is 37.3 Å². The largest absolute Gasteiger partial charge is 0.487 e. The smallest absolute Gasteiger partial charge is 0.435 e. The summed E-state index contributed by atoms with van der Waals surface area (Å²) in [4.78, 5) is 12.2. The van der Waals surface area contributed by atoms with Gasteiger partial charge in [0.25, 0.3) is 0 Å². The van der Waals surface area contributed by atoms with E-state index >= 15 is 0 Å². The molecule has 5 nitrogen and oxygen atoms in total. The molecule has 1 amide bonds. The molecule has 8 heteroatoms. The molecule has 0 saturated heterocycles. The van der Waals surface area contributed by atoms with Crippen LogP contribution in [0.4, 0.5) is 18.9 Å². The van der Waals surface area contributed by atoms with Crippen LogP contribution in [-0.2, 0) is 24.1 Å². The van der Waals surface area contributed by atoms with Gasteiger partial charge in [0.15, 0.2) is 5.69 Å². The van der Waals surface area contributed by atoms with Crippen molar-refractivity contribution in [3.63, 3.8) is 0 Å². The molecule has 1 N–H and O–H groups in total. The van der Waals surface area contributed by atoms with Crippen molar-refractivity contribution in [1.82, 2.24) is 9.78 Å². The molecule has 0 unspecified atom stereocenters. The van der Waals surface area contributed by atoms with Crippen LogP contribution in [0, 0.1) is 6.92 Å². The standard InChI is InChI=1S/C20H18F3N3O2/c1-14-7-8-16(17(11-14)28-13-15-5-3-2-4-6-15)24-19(27)12-26-10-9-18(25-26)20(21,22)23/h2-11H,12-13H2,1H3,(H,24,27). The number of nitrogens with one attached hydrogen (secondary N) is 1. The molecule has 1 aromatic heterocycles. The number of benzene rings is 2. The molecule has 2 aromatic carbocycles. The highest BCUT2D eigenvalue weighted by Crippen LogP contribution is 2.28. The summed E-state index contributed by atoms with van der Waals surface area (Å²) in [5.74, 6) is -0.0288. The summed E-state index contributed by atoms with van der Waals surface area (Å²) >= 11 is 0. The van der Waals surface area contributed by atoms with E-state index in [1.54, 1.807) is 18.2 Å². The fraction of sp³-hybridized carbons (Fsp3) is 0.200. The Labute approximate surface area is 159 Å². The van der Waals surface area contributed by atoms with Crippen LogP contribution in [0.15, 0.2) is 60.8 Å². The second-order valence-corrected chi connectivity index (χ2v) is 6.22. The molecule has 0 aliphatic rings. The number of ether oxygens (including phenoxy) is 1. The van der Waals surface area contributed by atoms with Gasteiger partial charge in [-0.2, -0.15) is 18.3 Å². The summed E-state index contributed by atoms with van der Waals surface area (Å²) < 4.78 is 44.6. The predicted molar refractivity (Wildman–Crippen MR) is 97.8 cm³/mol. The molecule has 0 radical (unpaired) electrons. The van der Waals surface area contributed by atoms with Crippen LogP contribution in [0.1, 0.15) is 16.8 Å². The van der Waals surface area contributed by atoms with E-state index in [1.165, 1.54) is 0 Å². The average molecular weight is 389 g/mol. The maximum Gasteiger partial charge on any atom is 0.435 e. The maximum absolute atomic E-state index is 12.6. The van der Waals surface area contributed by atoms with Crippen molar-refractivity contribution < 1.29 is 22.7 Å². The minimum atomic E-state index is -4.54. The van der Waals surface area contributed by atoms with Crippen molar-refractivity contribution >= 4 is 11.6 Å². The highest BCUT2D eigenvalue weighted by molar-refractivity contribution is 5.92. The third-order valence-corrected chi connectivity index (χ3v) is 3.89. The molecule has 0 spiro atoms. The molecule has 3 aromatic rings. The van der Waals surface area contributed by atoms with Crippen LogP contribution in [0.2, 0.25) is 0 Å². The van der Waals surface area contributed by atoms with Gasteiger partial charge in [-0.1, -0.05) is 36.4 Å². The predicted octanol–water partition coefficient (Wildman–Crippen LogP) is 4.43. The molecular weight excluding hydrogens is 371 g/mol. The lowest BCUT2D eigenvalue weighted by Crippen LogP contribution is -2.20. The fourth-order valence-corrected chi connectivity index (χ4v) is 2.53. The topological polar surface area (TPSA) is 56.2 Å². The normalized spacial score (nSPS) is 11.3.